The van der Waals surface area contributed by atoms with Gasteiger partial charge < -0.3 is 0 Å². The summed E-state index contributed by atoms with van der Waals surface area (Å²) in [6, 6.07) is 18.5. The Kier molecular flexibility index (Phi) is 7.22. The molecular formula is C24H33NS. The van der Waals surface area contributed by atoms with Crippen LogP contribution in [0.2, 0.25) is 0 Å². The van der Waals surface area contributed by atoms with Crippen molar-refractivity contribution in [2.75, 3.05) is 13.1 Å². The van der Waals surface area contributed by atoms with E-state index in [1.54, 1.807) is 11.1 Å². The van der Waals surface area contributed by atoms with Gasteiger partial charge in [0, 0.05) is 16.7 Å². The number of benzene rings is 2. The summed E-state index contributed by atoms with van der Waals surface area (Å²) < 4.78 is 0. The normalized spacial score (nSPS) is 19.5. The van der Waals surface area contributed by atoms with Crippen LogP contribution in [0, 0.1) is 0 Å². The molecule has 140 valence electrons. The van der Waals surface area contributed by atoms with Crippen LogP contribution in [-0.4, -0.2) is 24.0 Å². The second-order valence-corrected chi connectivity index (χ2v) is 8.55. The van der Waals surface area contributed by atoms with Crippen LogP contribution >= 0.6 is 11.8 Å². The van der Waals surface area contributed by atoms with Crippen LogP contribution in [0.3, 0.4) is 0 Å². The minimum Gasteiger partial charge on any atom is -0.300 e. The second kappa shape index (κ2) is 9.62. The molecule has 0 saturated carbocycles. The largest absolute Gasteiger partial charge is 0.300 e. The molecule has 26 heavy (non-hydrogen) atoms. The van der Waals surface area contributed by atoms with Crippen LogP contribution in [0.4, 0.5) is 0 Å². The summed E-state index contributed by atoms with van der Waals surface area (Å²) in [4.78, 5) is 4.25. The molecule has 2 aromatic carbocycles. The Bertz CT molecular complexity index is 676. The summed E-state index contributed by atoms with van der Waals surface area (Å²) >= 11 is 2.01. The van der Waals surface area contributed by atoms with Crippen LogP contribution in [0.15, 0.2) is 53.4 Å². The Morgan fingerprint density at radius 3 is 2.38 bits per heavy atom. The highest BCUT2D eigenvalue weighted by molar-refractivity contribution is 7.98. The number of aryl methyl sites for hydroxylation is 1. The second-order valence-electron chi connectivity index (χ2n) is 7.53. The zero-order valence-corrected chi connectivity index (χ0v) is 17.4. The van der Waals surface area contributed by atoms with E-state index in [1.165, 1.54) is 49.2 Å². The molecule has 0 spiro atoms. The lowest BCUT2D eigenvalue weighted by molar-refractivity contribution is 0.158. The fourth-order valence-corrected chi connectivity index (χ4v) is 5.61. The molecule has 2 unspecified atom stereocenters. The van der Waals surface area contributed by atoms with Gasteiger partial charge in [-0.2, -0.15) is 0 Å². The molecule has 0 heterocycles. The maximum absolute atomic E-state index is 2.76. The Morgan fingerprint density at radius 2 is 1.69 bits per heavy atom. The average Bonchev–Trinajstić information content (AvgIpc) is 2.67. The van der Waals surface area contributed by atoms with Gasteiger partial charge in [-0.1, -0.05) is 63.2 Å². The van der Waals surface area contributed by atoms with E-state index in [2.05, 4.69) is 74.2 Å². The lowest BCUT2D eigenvalue weighted by Crippen LogP contribution is -2.42. The summed E-state index contributed by atoms with van der Waals surface area (Å²) in [5.41, 5.74) is 4.62. The van der Waals surface area contributed by atoms with E-state index in [9.17, 15) is 0 Å². The van der Waals surface area contributed by atoms with E-state index in [1.807, 2.05) is 11.8 Å². The molecule has 0 aliphatic heterocycles. The quantitative estimate of drug-likeness (QED) is 0.489. The van der Waals surface area contributed by atoms with Crippen molar-refractivity contribution in [1.29, 1.82) is 0 Å². The fraction of sp³-hybridized carbons (Fsp3) is 0.500. The summed E-state index contributed by atoms with van der Waals surface area (Å²) in [5.74, 6) is 1.68. The number of rotatable bonds is 8. The van der Waals surface area contributed by atoms with Gasteiger partial charge in [0.05, 0.1) is 0 Å². The van der Waals surface area contributed by atoms with Crippen LogP contribution < -0.4 is 0 Å². The highest BCUT2D eigenvalue weighted by Gasteiger charge is 2.31. The zero-order valence-electron chi connectivity index (χ0n) is 16.6. The predicted octanol–water partition coefficient (Wildman–Crippen LogP) is 6.52. The Balaban J connectivity index is 1.81. The minimum absolute atomic E-state index is 0.622. The molecule has 0 saturated heterocycles. The smallest absolute Gasteiger partial charge is 0.0232 e. The molecule has 0 amide bonds. The molecule has 0 radical (unpaired) electrons. The topological polar surface area (TPSA) is 3.24 Å². The molecule has 0 N–H and O–H groups in total. The summed E-state index contributed by atoms with van der Waals surface area (Å²) in [7, 11) is 0. The van der Waals surface area contributed by atoms with E-state index in [4.69, 9.17) is 0 Å². The van der Waals surface area contributed by atoms with Gasteiger partial charge in [0.1, 0.15) is 0 Å². The SMILES string of the molecule is CCCN(CCC)C1CCc2cccc(SCc3ccccc3)c2C1C. The van der Waals surface area contributed by atoms with E-state index in [0.29, 0.717) is 12.0 Å². The van der Waals surface area contributed by atoms with Crippen molar-refractivity contribution in [1.82, 2.24) is 4.90 Å². The lowest BCUT2D eigenvalue weighted by atomic mass is 9.79. The first-order valence-electron chi connectivity index (χ1n) is 10.3. The summed E-state index contributed by atoms with van der Waals surface area (Å²) in [6.45, 7) is 9.55. The fourth-order valence-electron chi connectivity index (χ4n) is 4.45. The van der Waals surface area contributed by atoms with Gasteiger partial charge in [0.25, 0.3) is 0 Å². The molecule has 1 nitrogen and oxygen atoms in total. The zero-order chi connectivity index (χ0) is 18.4. The van der Waals surface area contributed by atoms with Crippen molar-refractivity contribution < 1.29 is 0 Å². The molecule has 0 aromatic heterocycles. The van der Waals surface area contributed by atoms with Crippen molar-refractivity contribution in [3.05, 3.63) is 65.2 Å². The van der Waals surface area contributed by atoms with Crippen LogP contribution in [-0.2, 0) is 12.2 Å². The third kappa shape index (κ3) is 4.53. The van der Waals surface area contributed by atoms with E-state index in [-0.39, 0.29) is 0 Å². The summed E-state index contributed by atoms with van der Waals surface area (Å²) in [6.07, 6.45) is 5.04. The minimum atomic E-state index is 0.622. The van der Waals surface area contributed by atoms with Gasteiger partial charge in [0.15, 0.2) is 0 Å². The third-order valence-electron chi connectivity index (χ3n) is 5.63. The van der Waals surface area contributed by atoms with E-state index >= 15 is 0 Å². The molecule has 1 aliphatic rings. The number of fused-ring (bicyclic) bond motifs is 1. The Hall–Kier alpha value is -1.25. The van der Waals surface area contributed by atoms with Gasteiger partial charge >= 0.3 is 0 Å². The molecule has 0 bridgehead atoms. The van der Waals surface area contributed by atoms with Crippen LogP contribution in [0.25, 0.3) is 0 Å². The number of nitrogens with zero attached hydrogens (tertiary/aromatic N) is 1. The van der Waals surface area contributed by atoms with Crippen molar-refractivity contribution in [3.63, 3.8) is 0 Å². The highest BCUT2D eigenvalue weighted by atomic mass is 32.2. The van der Waals surface area contributed by atoms with E-state index < -0.39 is 0 Å². The van der Waals surface area contributed by atoms with Gasteiger partial charge in [0.2, 0.25) is 0 Å². The van der Waals surface area contributed by atoms with Crippen LogP contribution in [0.1, 0.15) is 62.6 Å². The molecule has 0 fully saturated rings. The molecule has 2 atom stereocenters. The third-order valence-corrected chi connectivity index (χ3v) is 6.77. The summed E-state index contributed by atoms with van der Waals surface area (Å²) in [5, 5.41) is 0. The number of hydrogen-bond acceptors (Lipinski definition) is 2. The van der Waals surface area contributed by atoms with Gasteiger partial charge in [-0.3, -0.25) is 4.90 Å². The molecular weight excluding hydrogens is 334 g/mol. The molecule has 2 heteroatoms. The number of thioether (sulfide) groups is 1. The van der Waals surface area contributed by atoms with Crippen molar-refractivity contribution in [2.45, 2.75) is 69.1 Å². The Labute approximate surface area is 164 Å². The van der Waals surface area contributed by atoms with Crippen molar-refractivity contribution >= 4 is 11.8 Å². The maximum atomic E-state index is 2.76. The average molecular weight is 368 g/mol. The first-order valence-corrected chi connectivity index (χ1v) is 11.3. The Morgan fingerprint density at radius 1 is 0.962 bits per heavy atom. The first-order chi connectivity index (χ1) is 12.7. The lowest BCUT2D eigenvalue weighted by Gasteiger charge is -2.40. The van der Waals surface area contributed by atoms with Gasteiger partial charge in [-0.25, -0.2) is 0 Å². The van der Waals surface area contributed by atoms with Crippen LogP contribution in [0.5, 0.6) is 0 Å². The standard InChI is InChI=1S/C24H33NS/c1-4-16-25(17-5-2)22-15-14-21-12-9-13-23(24(21)19(22)3)26-18-20-10-7-6-8-11-20/h6-13,19,22H,4-5,14-18H2,1-3H3. The van der Waals surface area contributed by atoms with Gasteiger partial charge in [-0.05, 0) is 67.4 Å². The molecule has 3 rings (SSSR count). The monoisotopic (exact) mass is 367 g/mol. The maximum Gasteiger partial charge on any atom is 0.0232 e. The molecule has 2 aromatic rings. The van der Waals surface area contributed by atoms with Crippen molar-refractivity contribution in [3.8, 4) is 0 Å². The highest BCUT2D eigenvalue weighted by Crippen LogP contribution is 2.41. The van der Waals surface area contributed by atoms with Crippen molar-refractivity contribution in [2.24, 2.45) is 0 Å². The molecule has 1 aliphatic carbocycles. The first kappa shape index (κ1) is 19.5. The van der Waals surface area contributed by atoms with E-state index in [0.717, 1.165) is 5.75 Å². The van der Waals surface area contributed by atoms with Gasteiger partial charge in [-0.15, -0.1) is 11.8 Å². The number of hydrogen-bond donors (Lipinski definition) is 0. The predicted molar refractivity (Wildman–Crippen MR) is 115 cm³/mol.